The molecule has 0 bridgehead atoms. The number of hydrogen-bond acceptors (Lipinski definition) is 2. The van der Waals surface area contributed by atoms with E-state index in [-0.39, 0.29) is 11.4 Å². The Morgan fingerprint density at radius 1 is 0.786 bits per heavy atom. The van der Waals surface area contributed by atoms with Crippen molar-refractivity contribution >= 4 is 27.8 Å². The summed E-state index contributed by atoms with van der Waals surface area (Å²) in [6, 6.07) is 23.6. The normalized spacial score (nSPS) is 11.7. The summed E-state index contributed by atoms with van der Waals surface area (Å²) in [6.45, 7) is 6.49. The summed E-state index contributed by atoms with van der Waals surface area (Å²) in [4.78, 5) is 13.2. The largest absolute Gasteiger partial charge is 0.423 e. The molecule has 3 aromatic carbocycles. The molecule has 1 aromatic heterocycles. The molecule has 28 heavy (non-hydrogen) atoms. The first-order valence-corrected chi connectivity index (χ1v) is 9.48. The number of ether oxygens (including phenoxy) is 1. The molecular formula is C25H24NO2+. The third-order valence-electron chi connectivity index (χ3n) is 5.20. The van der Waals surface area contributed by atoms with E-state index in [2.05, 4.69) is 25.3 Å². The SMILES string of the molecule is C[n+]1c2ccccc2c(C(=O)Oc2ccc(C(C)(C)C)cc2)c2ccccc21. The van der Waals surface area contributed by atoms with Crippen molar-refractivity contribution in [3.8, 4) is 5.75 Å². The van der Waals surface area contributed by atoms with Gasteiger partial charge in [-0.2, -0.15) is 4.57 Å². The van der Waals surface area contributed by atoms with Gasteiger partial charge in [-0.15, -0.1) is 0 Å². The number of esters is 1. The Balaban J connectivity index is 1.82. The van der Waals surface area contributed by atoms with Gasteiger partial charge in [-0.25, -0.2) is 4.79 Å². The summed E-state index contributed by atoms with van der Waals surface area (Å²) in [7, 11) is 2.02. The molecule has 0 atom stereocenters. The number of carbonyl (C=O) groups excluding carboxylic acids is 1. The van der Waals surface area contributed by atoms with Crippen LogP contribution in [0.3, 0.4) is 0 Å². The molecule has 3 nitrogen and oxygen atoms in total. The van der Waals surface area contributed by atoms with Crippen molar-refractivity contribution < 1.29 is 14.1 Å². The second kappa shape index (κ2) is 6.75. The number of para-hydroxylation sites is 2. The molecule has 0 saturated heterocycles. The van der Waals surface area contributed by atoms with Gasteiger partial charge in [-0.1, -0.05) is 57.2 Å². The van der Waals surface area contributed by atoms with Crippen molar-refractivity contribution in [3.05, 3.63) is 83.9 Å². The molecule has 0 aliphatic heterocycles. The predicted octanol–water partition coefficient (Wildman–Crippen LogP) is 5.33. The van der Waals surface area contributed by atoms with Crippen molar-refractivity contribution in [2.45, 2.75) is 26.2 Å². The number of rotatable bonds is 2. The monoisotopic (exact) mass is 370 g/mol. The Kier molecular flexibility index (Phi) is 4.38. The van der Waals surface area contributed by atoms with Crippen molar-refractivity contribution in [3.63, 3.8) is 0 Å². The molecule has 4 rings (SSSR count). The number of nitrogens with zero attached hydrogens (tertiary/aromatic N) is 1. The van der Waals surface area contributed by atoms with E-state index < -0.39 is 0 Å². The van der Waals surface area contributed by atoms with E-state index in [9.17, 15) is 4.79 Å². The van der Waals surface area contributed by atoms with Gasteiger partial charge in [0, 0.05) is 12.1 Å². The minimum atomic E-state index is -0.337. The van der Waals surface area contributed by atoms with E-state index in [0.29, 0.717) is 11.3 Å². The first-order chi connectivity index (χ1) is 13.4. The highest BCUT2D eigenvalue weighted by Gasteiger charge is 2.23. The zero-order valence-electron chi connectivity index (χ0n) is 16.7. The number of fused-ring (bicyclic) bond motifs is 2. The quantitative estimate of drug-likeness (QED) is 0.206. The van der Waals surface area contributed by atoms with E-state index >= 15 is 0 Å². The molecule has 3 heteroatoms. The van der Waals surface area contributed by atoms with E-state index in [1.54, 1.807) is 0 Å². The summed E-state index contributed by atoms with van der Waals surface area (Å²) in [6.07, 6.45) is 0. The van der Waals surface area contributed by atoms with Crippen LogP contribution in [0, 0.1) is 0 Å². The van der Waals surface area contributed by atoms with Crippen molar-refractivity contribution in [1.29, 1.82) is 0 Å². The Morgan fingerprint density at radius 3 is 1.79 bits per heavy atom. The second-order valence-corrected chi connectivity index (χ2v) is 8.13. The van der Waals surface area contributed by atoms with Crippen LogP contribution in [0.2, 0.25) is 0 Å². The zero-order chi connectivity index (χ0) is 19.9. The lowest BCUT2D eigenvalue weighted by atomic mass is 9.87. The fraction of sp³-hybridized carbons (Fsp3) is 0.200. The van der Waals surface area contributed by atoms with Gasteiger partial charge in [-0.3, -0.25) is 0 Å². The molecule has 0 aliphatic rings. The molecular weight excluding hydrogens is 346 g/mol. The fourth-order valence-electron chi connectivity index (χ4n) is 3.63. The number of benzene rings is 3. The lowest BCUT2D eigenvalue weighted by Crippen LogP contribution is -2.31. The highest BCUT2D eigenvalue weighted by atomic mass is 16.5. The smallest absolute Gasteiger partial charge is 0.345 e. The zero-order valence-corrected chi connectivity index (χ0v) is 16.7. The van der Waals surface area contributed by atoms with Crippen molar-refractivity contribution in [1.82, 2.24) is 0 Å². The lowest BCUT2D eigenvalue weighted by Gasteiger charge is -2.19. The molecule has 0 aliphatic carbocycles. The molecule has 0 spiro atoms. The summed E-state index contributed by atoms with van der Waals surface area (Å²) in [5.41, 5.74) is 3.86. The van der Waals surface area contributed by atoms with Crippen LogP contribution in [0.5, 0.6) is 5.75 Å². The summed E-state index contributed by atoms with van der Waals surface area (Å²) in [5.74, 6) is 0.218. The third kappa shape index (κ3) is 3.13. The third-order valence-corrected chi connectivity index (χ3v) is 5.20. The molecule has 4 aromatic rings. The second-order valence-electron chi connectivity index (χ2n) is 8.13. The maximum Gasteiger partial charge on any atom is 0.345 e. The van der Waals surface area contributed by atoms with Crippen LogP contribution >= 0.6 is 0 Å². The first-order valence-electron chi connectivity index (χ1n) is 9.48. The summed E-state index contributed by atoms with van der Waals surface area (Å²) in [5, 5.41) is 1.78. The van der Waals surface area contributed by atoms with E-state index in [1.165, 1.54) is 5.56 Å². The van der Waals surface area contributed by atoms with Crippen LogP contribution in [0.1, 0.15) is 36.7 Å². The summed E-state index contributed by atoms with van der Waals surface area (Å²) >= 11 is 0. The Bertz CT molecular complexity index is 1130. The molecule has 0 fully saturated rings. The van der Waals surface area contributed by atoms with E-state index in [1.807, 2.05) is 79.8 Å². The Morgan fingerprint density at radius 2 is 1.29 bits per heavy atom. The van der Waals surface area contributed by atoms with Gasteiger partial charge in [0.05, 0.1) is 16.3 Å². The van der Waals surface area contributed by atoms with Gasteiger partial charge in [-0.05, 0) is 35.2 Å². The highest BCUT2D eigenvalue weighted by molar-refractivity contribution is 6.13. The predicted molar refractivity (Wildman–Crippen MR) is 113 cm³/mol. The molecule has 1 heterocycles. The topological polar surface area (TPSA) is 30.2 Å². The number of aryl methyl sites for hydroxylation is 1. The van der Waals surface area contributed by atoms with Crippen LogP contribution in [-0.2, 0) is 12.5 Å². The molecule has 140 valence electrons. The average Bonchev–Trinajstić information content (AvgIpc) is 2.68. The number of aromatic nitrogens is 1. The van der Waals surface area contributed by atoms with Crippen LogP contribution in [0.25, 0.3) is 21.8 Å². The minimum absolute atomic E-state index is 0.0587. The van der Waals surface area contributed by atoms with Crippen LogP contribution < -0.4 is 9.30 Å². The van der Waals surface area contributed by atoms with Crippen molar-refractivity contribution in [2.24, 2.45) is 7.05 Å². The highest BCUT2D eigenvalue weighted by Crippen LogP contribution is 2.28. The van der Waals surface area contributed by atoms with Gasteiger partial charge in [0.1, 0.15) is 12.8 Å². The van der Waals surface area contributed by atoms with Crippen LogP contribution in [0.15, 0.2) is 72.8 Å². The van der Waals surface area contributed by atoms with Crippen LogP contribution in [-0.4, -0.2) is 5.97 Å². The standard InChI is InChI=1S/C25H24NO2/c1-25(2,3)17-13-15-18(16-14-17)28-24(27)23-19-9-5-7-11-21(19)26(4)22-12-8-6-10-20(22)23/h5-16H,1-4H3/q+1. The van der Waals surface area contributed by atoms with Crippen molar-refractivity contribution in [2.75, 3.05) is 0 Å². The molecule has 0 radical (unpaired) electrons. The van der Waals surface area contributed by atoms with Gasteiger partial charge in [0.15, 0.2) is 0 Å². The van der Waals surface area contributed by atoms with E-state index in [4.69, 9.17) is 4.74 Å². The van der Waals surface area contributed by atoms with Gasteiger partial charge >= 0.3 is 5.97 Å². The van der Waals surface area contributed by atoms with E-state index in [0.717, 1.165) is 21.8 Å². The maximum absolute atomic E-state index is 13.2. The van der Waals surface area contributed by atoms with Gasteiger partial charge in [0.2, 0.25) is 11.0 Å². The Labute approximate surface area is 165 Å². The van der Waals surface area contributed by atoms with Gasteiger partial charge in [0.25, 0.3) is 0 Å². The average molecular weight is 370 g/mol. The van der Waals surface area contributed by atoms with Gasteiger partial charge < -0.3 is 4.74 Å². The lowest BCUT2D eigenvalue weighted by molar-refractivity contribution is -0.617. The maximum atomic E-state index is 13.2. The minimum Gasteiger partial charge on any atom is -0.423 e. The first kappa shape index (κ1) is 18.2. The fourth-order valence-corrected chi connectivity index (χ4v) is 3.63. The Hall–Kier alpha value is -3.20. The summed E-state index contributed by atoms with van der Waals surface area (Å²) < 4.78 is 7.89. The number of carbonyl (C=O) groups is 1. The van der Waals surface area contributed by atoms with Crippen LogP contribution in [0.4, 0.5) is 0 Å². The molecule has 0 amide bonds. The molecule has 0 N–H and O–H groups in total. The molecule has 0 unspecified atom stereocenters. The molecule has 0 saturated carbocycles. The number of hydrogen-bond donors (Lipinski definition) is 0. The number of pyridine rings is 1.